The van der Waals surface area contributed by atoms with Crippen molar-refractivity contribution in [2.75, 3.05) is 17.7 Å². The van der Waals surface area contributed by atoms with Gasteiger partial charge >= 0.3 is 0 Å². The van der Waals surface area contributed by atoms with Crippen molar-refractivity contribution in [3.63, 3.8) is 0 Å². The monoisotopic (exact) mass is 248 g/mol. The van der Waals surface area contributed by atoms with Crippen molar-refractivity contribution < 1.29 is 13.2 Å². The maximum Gasteiger partial charge on any atom is 0.261 e. The molecule has 7 heteroatoms. The van der Waals surface area contributed by atoms with Gasteiger partial charge in [-0.25, -0.2) is 8.42 Å². The van der Waals surface area contributed by atoms with Crippen LogP contribution < -0.4 is 10.6 Å². The first-order valence-corrected chi connectivity index (χ1v) is 6.26. The summed E-state index contributed by atoms with van der Waals surface area (Å²) in [7, 11) is 3.03. The van der Waals surface area contributed by atoms with Crippen molar-refractivity contribution in [1.29, 1.82) is 0 Å². The summed E-state index contributed by atoms with van der Waals surface area (Å²) in [5, 5.41) is 5.17. The Morgan fingerprint density at radius 2 is 2.00 bits per heavy atom. The van der Waals surface area contributed by atoms with E-state index in [1.54, 1.807) is 7.05 Å². The Hall–Kier alpha value is -1.27. The van der Waals surface area contributed by atoms with Gasteiger partial charge in [0.25, 0.3) is 9.05 Å². The highest BCUT2D eigenvalue weighted by Gasteiger charge is 2.12. The molecular formula is C8H9ClN2O3S. The van der Waals surface area contributed by atoms with Crippen LogP contribution in [0.4, 0.5) is 11.4 Å². The van der Waals surface area contributed by atoms with Crippen LogP contribution in [0.2, 0.25) is 0 Å². The molecule has 2 N–H and O–H groups in total. The fourth-order valence-corrected chi connectivity index (χ4v) is 1.85. The number of halogens is 1. The van der Waals surface area contributed by atoms with Crippen LogP contribution in [0.25, 0.3) is 0 Å². The number of carbonyl (C=O) groups is 1. The lowest BCUT2D eigenvalue weighted by Crippen LogP contribution is -2.01. The third kappa shape index (κ3) is 2.84. The minimum absolute atomic E-state index is 0.0625. The van der Waals surface area contributed by atoms with Crippen LogP contribution in [0.1, 0.15) is 0 Å². The van der Waals surface area contributed by atoms with E-state index in [9.17, 15) is 13.2 Å². The van der Waals surface area contributed by atoms with Gasteiger partial charge in [-0.2, -0.15) is 0 Å². The fourth-order valence-electron chi connectivity index (χ4n) is 1.08. The molecular weight excluding hydrogens is 240 g/mol. The topological polar surface area (TPSA) is 75.3 Å². The standard InChI is InChI=1S/C8H9ClN2O3S/c1-10-7-3-2-6(15(9,13)14)4-8(7)11-5-12/h2-5,10H,1H3,(H,11,12). The largest absolute Gasteiger partial charge is 0.386 e. The van der Waals surface area contributed by atoms with Gasteiger partial charge in [-0.15, -0.1) is 0 Å². The molecule has 1 rings (SSSR count). The lowest BCUT2D eigenvalue weighted by atomic mass is 10.2. The number of nitrogens with one attached hydrogen (secondary N) is 2. The lowest BCUT2D eigenvalue weighted by Gasteiger charge is -2.08. The first-order valence-electron chi connectivity index (χ1n) is 3.95. The van der Waals surface area contributed by atoms with E-state index < -0.39 is 9.05 Å². The van der Waals surface area contributed by atoms with Crippen LogP contribution in [0.5, 0.6) is 0 Å². The zero-order valence-corrected chi connectivity index (χ0v) is 9.39. The Bertz CT molecular complexity index is 473. The van der Waals surface area contributed by atoms with E-state index in [2.05, 4.69) is 10.6 Å². The summed E-state index contributed by atoms with van der Waals surface area (Å²) in [6.07, 6.45) is 0.459. The number of rotatable bonds is 4. The van der Waals surface area contributed by atoms with Gasteiger partial charge < -0.3 is 10.6 Å². The van der Waals surface area contributed by atoms with Crippen LogP contribution >= 0.6 is 10.7 Å². The van der Waals surface area contributed by atoms with E-state index in [1.807, 2.05) is 0 Å². The van der Waals surface area contributed by atoms with E-state index >= 15 is 0 Å². The zero-order valence-electron chi connectivity index (χ0n) is 7.82. The predicted octanol–water partition coefficient (Wildman–Crippen LogP) is 1.22. The molecule has 0 aliphatic carbocycles. The molecule has 1 aromatic carbocycles. The molecule has 0 heterocycles. The van der Waals surface area contributed by atoms with Crippen LogP contribution in [-0.2, 0) is 13.8 Å². The van der Waals surface area contributed by atoms with E-state index in [0.29, 0.717) is 17.8 Å². The van der Waals surface area contributed by atoms with Gasteiger partial charge in [-0.1, -0.05) is 0 Å². The van der Waals surface area contributed by atoms with Crippen LogP contribution in [0.15, 0.2) is 23.1 Å². The minimum Gasteiger partial charge on any atom is -0.386 e. The Balaban J connectivity index is 3.27. The fraction of sp³-hybridized carbons (Fsp3) is 0.125. The number of hydrogen-bond donors (Lipinski definition) is 2. The molecule has 1 amide bonds. The highest BCUT2D eigenvalue weighted by Crippen LogP contribution is 2.26. The van der Waals surface area contributed by atoms with Crippen molar-refractivity contribution in [2.24, 2.45) is 0 Å². The molecule has 5 nitrogen and oxygen atoms in total. The summed E-state index contributed by atoms with van der Waals surface area (Å²) in [4.78, 5) is 10.2. The third-order valence-corrected chi connectivity index (χ3v) is 3.11. The summed E-state index contributed by atoms with van der Waals surface area (Å²) in [6.45, 7) is 0. The molecule has 0 radical (unpaired) electrons. The molecule has 0 spiro atoms. The van der Waals surface area contributed by atoms with Gasteiger partial charge in [0, 0.05) is 17.7 Å². The molecule has 0 aliphatic rings. The molecule has 0 bridgehead atoms. The third-order valence-electron chi connectivity index (χ3n) is 1.76. The second-order valence-corrected chi connectivity index (χ2v) is 5.22. The molecule has 0 saturated heterocycles. The van der Waals surface area contributed by atoms with E-state index in [0.717, 1.165) is 0 Å². The van der Waals surface area contributed by atoms with Crippen LogP contribution in [0, 0.1) is 0 Å². The molecule has 0 unspecified atom stereocenters. The van der Waals surface area contributed by atoms with E-state index in [1.165, 1.54) is 18.2 Å². The van der Waals surface area contributed by atoms with Gasteiger partial charge in [0.15, 0.2) is 0 Å². The molecule has 0 saturated carbocycles. The van der Waals surface area contributed by atoms with Gasteiger partial charge in [0.2, 0.25) is 6.41 Å². The van der Waals surface area contributed by atoms with Crippen LogP contribution in [0.3, 0.4) is 0 Å². The molecule has 0 fully saturated rings. The molecule has 0 aromatic heterocycles. The SMILES string of the molecule is CNc1ccc(S(=O)(=O)Cl)cc1NC=O. The molecule has 82 valence electrons. The Labute approximate surface area is 91.9 Å². The number of benzene rings is 1. The van der Waals surface area contributed by atoms with Crippen molar-refractivity contribution in [2.45, 2.75) is 4.90 Å². The maximum absolute atomic E-state index is 11.0. The highest BCUT2D eigenvalue weighted by molar-refractivity contribution is 8.13. The number of hydrogen-bond acceptors (Lipinski definition) is 4. The first-order chi connectivity index (χ1) is 6.99. The minimum atomic E-state index is -3.78. The van der Waals surface area contributed by atoms with Gasteiger partial charge in [0.05, 0.1) is 16.3 Å². The Morgan fingerprint density at radius 3 is 2.47 bits per heavy atom. The molecule has 0 atom stereocenters. The van der Waals surface area contributed by atoms with Crippen molar-refractivity contribution >= 4 is 37.5 Å². The number of anilines is 2. The van der Waals surface area contributed by atoms with Crippen molar-refractivity contribution in [1.82, 2.24) is 0 Å². The predicted molar refractivity (Wildman–Crippen MR) is 58.7 cm³/mol. The van der Waals surface area contributed by atoms with Crippen molar-refractivity contribution in [3.8, 4) is 0 Å². The van der Waals surface area contributed by atoms with E-state index in [-0.39, 0.29) is 4.90 Å². The summed E-state index contributed by atoms with van der Waals surface area (Å²) < 4.78 is 22.0. The Morgan fingerprint density at radius 1 is 1.33 bits per heavy atom. The first kappa shape index (κ1) is 11.8. The number of carbonyl (C=O) groups excluding carboxylic acids is 1. The zero-order chi connectivity index (χ0) is 11.5. The maximum atomic E-state index is 11.0. The lowest BCUT2D eigenvalue weighted by molar-refractivity contribution is -0.105. The second-order valence-electron chi connectivity index (χ2n) is 2.66. The van der Waals surface area contributed by atoms with Crippen molar-refractivity contribution in [3.05, 3.63) is 18.2 Å². The van der Waals surface area contributed by atoms with Gasteiger partial charge in [-0.3, -0.25) is 4.79 Å². The summed E-state index contributed by atoms with van der Waals surface area (Å²) >= 11 is 0. The summed E-state index contributed by atoms with van der Waals surface area (Å²) in [5.41, 5.74) is 0.959. The summed E-state index contributed by atoms with van der Waals surface area (Å²) in [6, 6.07) is 4.15. The average Bonchev–Trinajstić information content (AvgIpc) is 2.17. The second kappa shape index (κ2) is 4.50. The quantitative estimate of drug-likeness (QED) is 0.621. The molecule has 0 aliphatic heterocycles. The number of amides is 1. The normalized spacial score (nSPS) is 10.8. The van der Waals surface area contributed by atoms with E-state index in [4.69, 9.17) is 10.7 Å². The highest BCUT2D eigenvalue weighted by atomic mass is 35.7. The van der Waals surface area contributed by atoms with Crippen LogP contribution in [-0.4, -0.2) is 21.9 Å². The Kier molecular flexibility index (Phi) is 3.54. The molecule has 15 heavy (non-hydrogen) atoms. The summed E-state index contributed by atoms with van der Waals surface area (Å²) in [5.74, 6) is 0. The average molecular weight is 249 g/mol. The van der Waals surface area contributed by atoms with Gasteiger partial charge in [-0.05, 0) is 18.2 Å². The smallest absolute Gasteiger partial charge is 0.261 e. The molecule has 1 aromatic rings. The van der Waals surface area contributed by atoms with Gasteiger partial charge in [0.1, 0.15) is 0 Å².